The molecule has 1 saturated heterocycles. The van der Waals surface area contributed by atoms with E-state index in [1.54, 1.807) is 0 Å². The van der Waals surface area contributed by atoms with E-state index in [1.165, 1.54) is 0 Å². The lowest BCUT2D eigenvalue weighted by molar-refractivity contribution is -0.137. The maximum absolute atomic E-state index is 10.5. The molecule has 0 aromatic rings. The second-order valence-electron chi connectivity index (χ2n) is 5.19. The third kappa shape index (κ3) is 4.49. The quantitative estimate of drug-likeness (QED) is 0.743. The topological polar surface area (TPSA) is 60.8 Å². The maximum Gasteiger partial charge on any atom is 0.304 e. The van der Waals surface area contributed by atoms with Crippen LogP contribution in [0.15, 0.2) is 0 Å². The van der Waals surface area contributed by atoms with Crippen molar-refractivity contribution in [3.63, 3.8) is 0 Å². The van der Waals surface area contributed by atoms with Gasteiger partial charge in [-0.05, 0) is 24.7 Å². The Kier molecular flexibility index (Phi) is 5.22. The molecule has 0 aromatic carbocycles. The Morgan fingerprint density at radius 2 is 2.19 bits per heavy atom. The molecule has 0 bridgehead atoms. The van der Waals surface area contributed by atoms with Gasteiger partial charge in [0.2, 0.25) is 0 Å². The van der Waals surface area contributed by atoms with Crippen LogP contribution >= 0.6 is 0 Å². The molecule has 0 radical (unpaired) electrons. The van der Waals surface area contributed by atoms with Crippen molar-refractivity contribution in [2.75, 3.05) is 19.6 Å². The fraction of sp³-hybridized carbons (Fsp3) is 0.917. The monoisotopic (exact) mass is 229 g/mol. The summed E-state index contributed by atoms with van der Waals surface area (Å²) in [7, 11) is 0. The minimum Gasteiger partial charge on any atom is -0.481 e. The molecule has 1 fully saturated rings. The van der Waals surface area contributed by atoms with Crippen LogP contribution in [0.25, 0.3) is 0 Å². The van der Waals surface area contributed by atoms with Crippen molar-refractivity contribution in [1.82, 2.24) is 4.90 Å². The molecule has 4 nitrogen and oxygen atoms in total. The van der Waals surface area contributed by atoms with Crippen LogP contribution in [0.3, 0.4) is 0 Å². The highest BCUT2D eigenvalue weighted by Crippen LogP contribution is 2.23. The first-order valence-corrected chi connectivity index (χ1v) is 6.11. The minimum absolute atomic E-state index is 0.199. The lowest BCUT2D eigenvalue weighted by Gasteiger charge is -2.36. The van der Waals surface area contributed by atoms with Crippen molar-refractivity contribution in [1.29, 1.82) is 0 Å². The van der Waals surface area contributed by atoms with E-state index in [1.807, 2.05) is 0 Å². The number of aliphatic carboxylic acids is 1. The molecule has 4 heteroatoms. The lowest BCUT2D eigenvalue weighted by atomic mass is 9.87. The Labute approximate surface area is 97.3 Å². The Morgan fingerprint density at radius 1 is 1.50 bits per heavy atom. The summed E-state index contributed by atoms with van der Waals surface area (Å²) >= 11 is 0. The predicted molar refractivity (Wildman–Crippen MR) is 62.3 cm³/mol. The molecular weight excluding hydrogens is 206 g/mol. The molecule has 1 heterocycles. The van der Waals surface area contributed by atoms with Crippen LogP contribution in [0.1, 0.15) is 33.1 Å². The van der Waals surface area contributed by atoms with E-state index >= 15 is 0 Å². The van der Waals surface area contributed by atoms with Gasteiger partial charge in [0.1, 0.15) is 0 Å². The van der Waals surface area contributed by atoms with Crippen molar-refractivity contribution in [2.24, 2.45) is 11.8 Å². The fourth-order valence-electron chi connectivity index (χ4n) is 2.39. The van der Waals surface area contributed by atoms with Gasteiger partial charge in [-0.15, -0.1) is 0 Å². The average Bonchev–Trinajstić information content (AvgIpc) is 2.18. The molecule has 2 atom stereocenters. The van der Waals surface area contributed by atoms with Crippen LogP contribution in [-0.2, 0) is 4.79 Å². The summed E-state index contributed by atoms with van der Waals surface area (Å²) in [6, 6.07) is 0. The number of rotatable bonds is 5. The van der Waals surface area contributed by atoms with E-state index < -0.39 is 5.97 Å². The van der Waals surface area contributed by atoms with Gasteiger partial charge in [0, 0.05) is 19.6 Å². The van der Waals surface area contributed by atoms with E-state index in [4.69, 9.17) is 5.11 Å². The summed E-state index contributed by atoms with van der Waals surface area (Å²) in [6.07, 6.45) is 1.79. The first-order valence-electron chi connectivity index (χ1n) is 6.11. The second kappa shape index (κ2) is 6.21. The predicted octanol–water partition coefficient (Wildman–Crippen LogP) is 1.19. The van der Waals surface area contributed by atoms with Gasteiger partial charge in [-0.2, -0.15) is 0 Å². The molecule has 0 aliphatic carbocycles. The fourth-order valence-corrected chi connectivity index (χ4v) is 2.39. The Bertz CT molecular complexity index is 230. The van der Waals surface area contributed by atoms with Crippen LogP contribution in [0, 0.1) is 11.8 Å². The van der Waals surface area contributed by atoms with Gasteiger partial charge in [-0.1, -0.05) is 13.8 Å². The zero-order chi connectivity index (χ0) is 12.1. The second-order valence-corrected chi connectivity index (χ2v) is 5.19. The number of aliphatic hydroxyl groups excluding tert-OH is 1. The summed E-state index contributed by atoms with van der Waals surface area (Å²) in [6.45, 7) is 6.58. The molecule has 0 saturated carbocycles. The lowest BCUT2D eigenvalue weighted by Crippen LogP contribution is -2.44. The molecule has 1 rings (SSSR count). The van der Waals surface area contributed by atoms with Gasteiger partial charge in [-0.25, -0.2) is 0 Å². The Hall–Kier alpha value is -0.610. The highest BCUT2D eigenvalue weighted by molar-refractivity contribution is 5.66. The van der Waals surface area contributed by atoms with E-state index in [0.717, 1.165) is 25.9 Å². The van der Waals surface area contributed by atoms with E-state index in [0.29, 0.717) is 18.4 Å². The molecule has 0 amide bonds. The smallest absolute Gasteiger partial charge is 0.304 e. The van der Waals surface area contributed by atoms with Gasteiger partial charge >= 0.3 is 5.97 Å². The third-order valence-corrected chi connectivity index (χ3v) is 3.19. The van der Waals surface area contributed by atoms with Gasteiger partial charge in [0.05, 0.1) is 12.5 Å². The molecular formula is C12H23NO3. The molecule has 16 heavy (non-hydrogen) atoms. The van der Waals surface area contributed by atoms with Gasteiger partial charge in [-0.3, -0.25) is 4.79 Å². The molecule has 2 N–H and O–H groups in total. The summed E-state index contributed by atoms with van der Waals surface area (Å²) in [5, 5.41) is 18.5. The molecule has 0 spiro atoms. The number of likely N-dealkylation sites (tertiary alicyclic amines) is 1. The normalized spacial score (nSPS) is 27.2. The van der Waals surface area contributed by atoms with Crippen molar-refractivity contribution in [2.45, 2.75) is 39.2 Å². The number of hydrogen-bond acceptors (Lipinski definition) is 3. The maximum atomic E-state index is 10.5. The van der Waals surface area contributed by atoms with Crippen molar-refractivity contribution in [3.05, 3.63) is 0 Å². The Morgan fingerprint density at radius 3 is 2.75 bits per heavy atom. The largest absolute Gasteiger partial charge is 0.481 e. The van der Waals surface area contributed by atoms with Crippen LogP contribution < -0.4 is 0 Å². The zero-order valence-electron chi connectivity index (χ0n) is 10.2. The summed E-state index contributed by atoms with van der Waals surface area (Å²) in [5.74, 6) is 0.146. The molecule has 94 valence electrons. The zero-order valence-corrected chi connectivity index (χ0v) is 10.2. The minimum atomic E-state index is -0.744. The number of nitrogens with zero attached hydrogens (tertiary/aromatic N) is 1. The molecule has 1 aliphatic heterocycles. The molecule has 0 unspecified atom stereocenters. The van der Waals surface area contributed by atoms with Crippen molar-refractivity contribution < 1.29 is 15.0 Å². The first-order chi connectivity index (χ1) is 7.49. The summed E-state index contributed by atoms with van der Waals surface area (Å²) < 4.78 is 0. The SMILES string of the molecule is CC(C)C[C@@H]1CN(CCC(=O)O)CC[C@H]1O. The molecule has 1 aliphatic rings. The van der Waals surface area contributed by atoms with E-state index in [2.05, 4.69) is 18.7 Å². The van der Waals surface area contributed by atoms with E-state index in [9.17, 15) is 9.90 Å². The van der Waals surface area contributed by atoms with Crippen LogP contribution in [0.4, 0.5) is 0 Å². The van der Waals surface area contributed by atoms with Gasteiger partial charge in [0.15, 0.2) is 0 Å². The molecule has 0 aromatic heterocycles. The highest BCUT2D eigenvalue weighted by Gasteiger charge is 2.28. The van der Waals surface area contributed by atoms with Crippen molar-refractivity contribution >= 4 is 5.97 Å². The number of piperidine rings is 1. The average molecular weight is 229 g/mol. The third-order valence-electron chi connectivity index (χ3n) is 3.19. The number of carboxylic acids is 1. The highest BCUT2D eigenvalue weighted by atomic mass is 16.4. The summed E-state index contributed by atoms with van der Waals surface area (Å²) in [5.41, 5.74) is 0. The number of carbonyl (C=O) groups is 1. The van der Waals surface area contributed by atoms with Gasteiger partial charge < -0.3 is 15.1 Å². The number of aliphatic hydroxyl groups is 1. The van der Waals surface area contributed by atoms with Crippen molar-refractivity contribution in [3.8, 4) is 0 Å². The van der Waals surface area contributed by atoms with Crippen LogP contribution in [0.2, 0.25) is 0 Å². The Balaban J connectivity index is 2.37. The number of carboxylic acid groups (broad SMARTS) is 1. The van der Waals surface area contributed by atoms with Crippen LogP contribution in [0.5, 0.6) is 0 Å². The number of hydrogen-bond donors (Lipinski definition) is 2. The van der Waals surface area contributed by atoms with Gasteiger partial charge in [0.25, 0.3) is 0 Å². The summed E-state index contributed by atoms with van der Waals surface area (Å²) in [4.78, 5) is 12.7. The van der Waals surface area contributed by atoms with Crippen LogP contribution in [-0.4, -0.2) is 46.8 Å². The standard InChI is InChI=1S/C12H23NO3/c1-9(2)7-10-8-13(5-3-11(10)14)6-4-12(15)16/h9-11,14H,3-8H2,1-2H3,(H,15,16)/t10-,11-/m1/s1. The van der Waals surface area contributed by atoms with E-state index in [-0.39, 0.29) is 12.5 Å². The first kappa shape index (κ1) is 13.5.